The highest BCUT2D eigenvalue weighted by molar-refractivity contribution is 7.39. The smallest absolute Gasteiger partial charge is 0.327 e. The molecule has 1 atom stereocenters. The van der Waals surface area contributed by atoms with Crippen LogP contribution in [0.3, 0.4) is 0 Å². The highest BCUT2D eigenvalue weighted by Gasteiger charge is 2.29. The van der Waals surface area contributed by atoms with Crippen molar-refractivity contribution in [1.29, 1.82) is 0 Å². The van der Waals surface area contributed by atoms with Crippen LogP contribution >= 0.6 is 8.60 Å². The second kappa shape index (κ2) is 19.1. The molecule has 0 heterocycles. The number of unbranched alkanes of at least 4 members (excludes halogenated alkanes) is 7. The highest BCUT2D eigenvalue weighted by Crippen LogP contribution is 2.42. The van der Waals surface area contributed by atoms with E-state index in [0.717, 1.165) is 18.8 Å². The lowest BCUT2D eigenvalue weighted by Crippen LogP contribution is -2.21. The second-order valence-electron chi connectivity index (χ2n) is 12.5. The fourth-order valence-corrected chi connectivity index (χ4v) is 7.14. The van der Waals surface area contributed by atoms with E-state index in [4.69, 9.17) is 14.3 Å². The first-order chi connectivity index (χ1) is 20.0. The first-order valence-corrected chi connectivity index (χ1v) is 18.2. The van der Waals surface area contributed by atoms with Crippen molar-refractivity contribution in [2.24, 2.45) is 5.92 Å². The van der Waals surface area contributed by atoms with Crippen LogP contribution in [0.25, 0.3) is 0 Å². The molecule has 1 aliphatic rings. The van der Waals surface area contributed by atoms with Gasteiger partial charge < -0.3 is 14.3 Å². The molecule has 0 aromatic heterocycles. The molecule has 2 aromatic carbocycles. The summed E-state index contributed by atoms with van der Waals surface area (Å²) in [5.41, 5.74) is 11.3. The summed E-state index contributed by atoms with van der Waals surface area (Å²) in [5.74, 6) is 1.27. The minimum absolute atomic E-state index is 0.447. The predicted octanol–water partition coefficient (Wildman–Crippen LogP) is 10.5. The Balaban J connectivity index is 1.91. The van der Waals surface area contributed by atoms with Gasteiger partial charge >= 0.3 is 8.60 Å². The van der Waals surface area contributed by atoms with Crippen LogP contribution in [0.5, 0.6) is 0 Å². The molecule has 1 unspecified atom stereocenters. The molecule has 2 bridgehead atoms. The summed E-state index contributed by atoms with van der Waals surface area (Å²) < 4.78 is 4.95. The number of hydrogen-bond donors (Lipinski definition) is 2. The summed E-state index contributed by atoms with van der Waals surface area (Å²) in [5, 5.41) is 0. The largest absolute Gasteiger partial charge is 0.328 e. The Morgan fingerprint density at radius 3 is 1.98 bits per heavy atom. The van der Waals surface area contributed by atoms with Crippen molar-refractivity contribution in [3.05, 3.63) is 69.3 Å². The summed E-state index contributed by atoms with van der Waals surface area (Å²) in [7, 11) is -2.22. The van der Waals surface area contributed by atoms with Crippen molar-refractivity contribution in [2.75, 3.05) is 6.61 Å². The summed E-state index contributed by atoms with van der Waals surface area (Å²) >= 11 is 0. The maximum absolute atomic E-state index is 8.97. The van der Waals surface area contributed by atoms with E-state index >= 15 is 0 Å². The molecule has 2 aromatic rings. The zero-order valence-corrected chi connectivity index (χ0v) is 27.6. The fourth-order valence-electron chi connectivity index (χ4n) is 6.85. The Hall–Kier alpha value is -1.25. The van der Waals surface area contributed by atoms with Gasteiger partial charge in [-0.15, -0.1) is 0 Å². The number of hydrogen-bond acceptors (Lipinski definition) is 3. The monoisotopic (exact) mass is 582 g/mol. The molecule has 0 aliphatic heterocycles. The Bertz CT molecular complexity index is 990. The molecule has 0 saturated heterocycles. The van der Waals surface area contributed by atoms with Gasteiger partial charge in [0.15, 0.2) is 0 Å². The third kappa shape index (κ3) is 11.1. The summed E-state index contributed by atoms with van der Waals surface area (Å²) in [6, 6.07) is 12.7. The van der Waals surface area contributed by atoms with Crippen molar-refractivity contribution in [3.8, 4) is 0 Å². The maximum Gasteiger partial charge on any atom is 0.327 e. The van der Waals surface area contributed by atoms with Crippen molar-refractivity contribution in [2.45, 2.75) is 149 Å². The van der Waals surface area contributed by atoms with E-state index in [1.807, 2.05) is 0 Å². The van der Waals surface area contributed by atoms with Crippen molar-refractivity contribution in [3.63, 3.8) is 0 Å². The number of rotatable bonds is 21. The van der Waals surface area contributed by atoms with Gasteiger partial charge in [-0.1, -0.05) is 109 Å². The van der Waals surface area contributed by atoms with Crippen LogP contribution in [-0.2, 0) is 36.6 Å². The quantitative estimate of drug-likeness (QED) is 0.114. The van der Waals surface area contributed by atoms with Crippen LogP contribution in [-0.4, -0.2) is 16.4 Å². The lowest BCUT2D eigenvalue weighted by atomic mass is 9.71. The standard InChI is InChI=1S/C37H59O3P/c1-5-9-17-30-21-22-35(32(26-30)19-11-7-3)36(20-15-13-12-14-16-23-40-41(38)39)37-33-24-29(8-4)25-34(37)28-31(27-33)18-10-6-2/h21-22,26-29,36,38-39H,5-20,23-25H2,1-4H3. The minimum Gasteiger partial charge on any atom is -0.328 e. The Labute approximate surface area is 253 Å². The molecule has 0 amide bonds. The van der Waals surface area contributed by atoms with Gasteiger partial charge in [0.05, 0.1) is 6.61 Å². The highest BCUT2D eigenvalue weighted by atomic mass is 31.2. The maximum atomic E-state index is 8.97. The number of fused-ring (bicyclic) bond motifs is 2. The van der Waals surface area contributed by atoms with Crippen LogP contribution in [0.1, 0.15) is 156 Å². The molecule has 0 spiro atoms. The van der Waals surface area contributed by atoms with E-state index in [2.05, 4.69) is 58.0 Å². The van der Waals surface area contributed by atoms with Gasteiger partial charge in [-0.2, -0.15) is 0 Å². The Morgan fingerprint density at radius 2 is 1.34 bits per heavy atom. The molecule has 41 heavy (non-hydrogen) atoms. The fraction of sp³-hybridized carbons (Fsp3) is 0.676. The summed E-state index contributed by atoms with van der Waals surface area (Å²) in [6.45, 7) is 9.73. The van der Waals surface area contributed by atoms with Crippen molar-refractivity contribution >= 4 is 8.60 Å². The topological polar surface area (TPSA) is 49.7 Å². The van der Waals surface area contributed by atoms with E-state index in [0.29, 0.717) is 12.5 Å². The average molecular weight is 583 g/mol. The van der Waals surface area contributed by atoms with Gasteiger partial charge in [-0.25, -0.2) is 0 Å². The molecule has 3 rings (SSSR count). The molecule has 2 N–H and O–H groups in total. The molecule has 0 radical (unpaired) electrons. The van der Waals surface area contributed by atoms with Crippen LogP contribution < -0.4 is 0 Å². The molecule has 1 aliphatic carbocycles. The zero-order valence-electron chi connectivity index (χ0n) is 26.7. The SMILES string of the molecule is CCCCc1ccc(C(CCCCCCCOP(O)O)c2c3cc(CCCC)cc2CC(CC)C3)c(CCCC)c1. The van der Waals surface area contributed by atoms with Gasteiger partial charge in [0.1, 0.15) is 0 Å². The van der Waals surface area contributed by atoms with E-state index < -0.39 is 8.60 Å². The average Bonchev–Trinajstić information content (AvgIpc) is 2.96. The summed E-state index contributed by atoms with van der Waals surface area (Å²) in [4.78, 5) is 17.9. The number of benzene rings is 2. The second-order valence-corrected chi connectivity index (χ2v) is 13.3. The van der Waals surface area contributed by atoms with Gasteiger partial charge in [-0.3, -0.25) is 0 Å². The van der Waals surface area contributed by atoms with E-state index in [-0.39, 0.29) is 0 Å². The molecule has 0 saturated carbocycles. The van der Waals surface area contributed by atoms with Crippen molar-refractivity contribution < 1.29 is 14.3 Å². The number of aryl methyl sites for hydroxylation is 3. The molecule has 230 valence electrons. The first kappa shape index (κ1) is 34.2. The molecular weight excluding hydrogens is 523 g/mol. The van der Waals surface area contributed by atoms with Crippen LogP contribution in [0.2, 0.25) is 0 Å². The third-order valence-corrected chi connectivity index (χ3v) is 9.63. The van der Waals surface area contributed by atoms with E-state index in [1.165, 1.54) is 108 Å². The van der Waals surface area contributed by atoms with Gasteiger partial charge in [0.2, 0.25) is 0 Å². The molecule has 3 nitrogen and oxygen atoms in total. The lowest BCUT2D eigenvalue weighted by molar-refractivity contribution is 0.248. The molecule has 4 heteroatoms. The van der Waals surface area contributed by atoms with Gasteiger partial charge in [0, 0.05) is 5.92 Å². The lowest BCUT2D eigenvalue weighted by Gasteiger charge is -2.33. The predicted molar refractivity (Wildman–Crippen MR) is 177 cm³/mol. The van der Waals surface area contributed by atoms with Crippen LogP contribution in [0, 0.1) is 5.92 Å². The zero-order chi connectivity index (χ0) is 29.5. The Kier molecular flexibility index (Phi) is 16.0. The first-order valence-electron chi connectivity index (χ1n) is 17.1. The van der Waals surface area contributed by atoms with Crippen LogP contribution in [0.15, 0.2) is 30.3 Å². The summed E-state index contributed by atoms with van der Waals surface area (Å²) in [6.07, 6.45) is 21.7. The van der Waals surface area contributed by atoms with Crippen LogP contribution in [0.4, 0.5) is 0 Å². The van der Waals surface area contributed by atoms with E-state index in [9.17, 15) is 0 Å². The molecular formula is C37H59O3P. The van der Waals surface area contributed by atoms with E-state index in [1.54, 1.807) is 33.4 Å². The molecule has 0 fully saturated rings. The van der Waals surface area contributed by atoms with Gasteiger partial charge in [-0.05, 0) is 109 Å². The minimum atomic E-state index is -2.22. The van der Waals surface area contributed by atoms with Gasteiger partial charge in [0.25, 0.3) is 0 Å². The van der Waals surface area contributed by atoms with Crippen molar-refractivity contribution in [1.82, 2.24) is 0 Å². The normalized spacial score (nSPS) is 14.2. The third-order valence-electron chi connectivity index (χ3n) is 9.22. The Morgan fingerprint density at radius 1 is 0.732 bits per heavy atom.